The van der Waals surface area contributed by atoms with Gasteiger partial charge in [0.25, 0.3) is 0 Å². The fourth-order valence-electron chi connectivity index (χ4n) is 4.01. The second-order valence-corrected chi connectivity index (χ2v) is 9.38. The lowest BCUT2D eigenvalue weighted by atomic mass is 9.94. The van der Waals surface area contributed by atoms with Gasteiger partial charge in [-0.1, -0.05) is 51.0 Å². The zero-order valence-electron chi connectivity index (χ0n) is 18.8. The molecular weight excluding hydrogens is 440 g/mol. The van der Waals surface area contributed by atoms with Gasteiger partial charge in [0.15, 0.2) is 0 Å². The minimum Gasteiger partial charge on any atom is -0.480 e. The Hall–Kier alpha value is -2.94. The molecule has 2 unspecified atom stereocenters. The topological polar surface area (TPSA) is 121 Å². The van der Waals surface area contributed by atoms with Gasteiger partial charge in [0.05, 0.1) is 10.9 Å². The van der Waals surface area contributed by atoms with Crippen LogP contribution < -0.4 is 10.6 Å². The monoisotopic (exact) mass is 470 g/mol. The highest BCUT2D eigenvalue weighted by molar-refractivity contribution is 7.81. The van der Waals surface area contributed by atoms with E-state index in [1.807, 2.05) is 38.1 Å². The van der Waals surface area contributed by atoms with Crippen molar-refractivity contribution >= 4 is 30.4 Å². The third-order valence-corrected chi connectivity index (χ3v) is 6.86. The third kappa shape index (κ3) is 6.10. The van der Waals surface area contributed by atoms with E-state index < -0.39 is 28.7 Å². The van der Waals surface area contributed by atoms with Crippen LogP contribution in [-0.2, 0) is 20.8 Å². The number of carbonyl (C=O) groups excluding carboxylic acids is 2. The fraction of sp³-hybridized carbons (Fsp3) is 0.458. The molecule has 1 saturated carbocycles. The molecule has 1 aromatic heterocycles. The highest BCUT2D eigenvalue weighted by atomic mass is 32.1. The van der Waals surface area contributed by atoms with Crippen molar-refractivity contribution in [3.05, 3.63) is 48.4 Å². The van der Waals surface area contributed by atoms with E-state index in [1.54, 1.807) is 12.3 Å². The molecule has 8 nitrogen and oxygen atoms in total. The minimum absolute atomic E-state index is 0.00642. The summed E-state index contributed by atoms with van der Waals surface area (Å²) in [6.45, 7) is 3.77. The molecule has 3 rings (SSSR count). The lowest BCUT2D eigenvalue weighted by Gasteiger charge is -2.32. The number of aromatic nitrogens is 2. The van der Waals surface area contributed by atoms with E-state index in [0.717, 1.165) is 29.7 Å². The number of thiol groups is 1. The molecule has 2 aromatic rings. The van der Waals surface area contributed by atoms with Gasteiger partial charge in [-0.25, -0.2) is 14.8 Å². The van der Waals surface area contributed by atoms with Crippen LogP contribution in [0.1, 0.15) is 45.1 Å². The van der Waals surface area contributed by atoms with Crippen LogP contribution in [0.25, 0.3) is 11.3 Å². The van der Waals surface area contributed by atoms with Crippen LogP contribution in [0, 0.1) is 5.92 Å². The highest BCUT2D eigenvalue weighted by Crippen LogP contribution is 2.31. The summed E-state index contributed by atoms with van der Waals surface area (Å²) in [6.07, 6.45) is 5.77. The van der Waals surface area contributed by atoms with E-state index in [1.165, 1.54) is 6.33 Å². The molecule has 2 amide bonds. The Morgan fingerprint density at radius 1 is 1.12 bits per heavy atom. The van der Waals surface area contributed by atoms with Crippen LogP contribution in [0.5, 0.6) is 0 Å². The molecule has 1 aromatic carbocycles. The Morgan fingerprint density at radius 3 is 2.33 bits per heavy atom. The van der Waals surface area contributed by atoms with Crippen molar-refractivity contribution in [2.75, 3.05) is 0 Å². The van der Waals surface area contributed by atoms with Crippen LogP contribution in [-0.4, -0.2) is 49.7 Å². The predicted molar refractivity (Wildman–Crippen MR) is 128 cm³/mol. The molecule has 1 aliphatic carbocycles. The molecule has 33 heavy (non-hydrogen) atoms. The second kappa shape index (κ2) is 10.8. The SMILES string of the molecule is CC(C)C(S)C(=O)NC1(C(=O)NC(Cc2ccc(-c3ccncn3)cc2)C(=O)O)CCCC1. The van der Waals surface area contributed by atoms with Gasteiger partial charge in [-0.05, 0) is 30.4 Å². The van der Waals surface area contributed by atoms with Gasteiger partial charge in [-0.15, -0.1) is 0 Å². The van der Waals surface area contributed by atoms with Crippen LogP contribution in [0.3, 0.4) is 0 Å². The van der Waals surface area contributed by atoms with Crippen molar-refractivity contribution in [2.45, 2.75) is 62.8 Å². The number of rotatable bonds is 9. The van der Waals surface area contributed by atoms with Crippen LogP contribution in [0.4, 0.5) is 0 Å². The molecule has 0 radical (unpaired) electrons. The van der Waals surface area contributed by atoms with E-state index in [9.17, 15) is 19.5 Å². The molecule has 1 fully saturated rings. The maximum absolute atomic E-state index is 13.2. The molecule has 1 aliphatic rings. The van der Waals surface area contributed by atoms with E-state index in [-0.39, 0.29) is 18.2 Å². The lowest BCUT2D eigenvalue weighted by molar-refractivity contribution is -0.143. The maximum Gasteiger partial charge on any atom is 0.326 e. The van der Waals surface area contributed by atoms with Gasteiger partial charge in [-0.3, -0.25) is 9.59 Å². The number of benzene rings is 1. The zero-order valence-corrected chi connectivity index (χ0v) is 19.7. The minimum atomic E-state index is -1.13. The molecule has 2 atom stereocenters. The second-order valence-electron chi connectivity index (χ2n) is 8.83. The summed E-state index contributed by atoms with van der Waals surface area (Å²) in [5.74, 6) is -1.89. The molecule has 176 valence electrons. The van der Waals surface area contributed by atoms with Crippen molar-refractivity contribution < 1.29 is 19.5 Å². The summed E-state index contributed by atoms with van der Waals surface area (Å²) in [5.41, 5.74) is 1.32. The molecule has 0 bridgehead atoms. The molecule has 3 N–H and O–H groups in total. The van der Waals surface area contributed by atoms with E-state index in [4.69, 9.17) is 0 Å². The first-order valence-electron chi connectivity index (χ1n) is 11.1. The van der Waals surface area contributed by atoms with Gasteiger partial charge in [0.1, 0.15) is 17.9 Å². The fourth-order valence-corrected chi connectivity index (χ4v) is 4.07. The summed E-state index contributed by atoms with van der Waals surface area (Å²) < 4.78 is 0. The number of amides is 2. The van der Waals surface area contributed by atoms with Crippen LogP contribution >= 0.6 is 12.6 Å². The Labute approximate surface area is 199 Å². The molecular formula is C24H30N4O4S. The quantitative estimate of drug-likeness (QED) is 0.418. The number of aliphatic carboxylic acids is 1. The van der Waals surface area contributed by atoms with Crippen molar-refractivity contribution in [3.63, 3.8) is 0 Å². The van der Waals surface area contributed by atoms with E-state index in [0.29, 0.717) is 12.8 Å². The number of nitrogens with one attached hydrogen (secondary N) is 2. The van der Waals surface area contributed by atoms with Gasteiger partial charge in [0, 0.05) is 18.2 Å². The molecule has 1 heterocycles. The Kier molecular flexibility index (Phi) is 8.07. The number of carboxylic acid groups (broad SMARTS) is 1. The first-order valence-corrected chi connectivity index (χ1v) is 11.6. The molecule has 0 saturated heterocycles. The average Bonchev–Trinajstić information content (AvgIpc) is 3.28. The first-order chi connectivity index (χ1) is 15.7. The number of hydrogen-bond donors (Lipinski definition) is 4. The molecule has 0 aliphatic heterocycles. The van der Waals surface area contributed by atoms with Gasteiger partial charge in [-0.2, -0.15) is 12.6 Å². The Balaban J connectivity index is 1.71. The van der Waals surface area contributed by atoms with Crippen molar-refractivity contribution in [1.82, 2.24) is 20.6 Å². The number of carbonyl (C=O) groups is 3. The van der Waals surface area contributed by atoms with Crippen molar-refractivity contribution in [2.24, 2.45) is 5.92 Å². The Bertz CT molecular complexity index is 976. The summed E-state index contributed by atoms with van der Waals surface area (Å²) >= 11 is 4.36. The predicted octanol–water partition coefficient (Wildman–Crippen LogP) is 2.64. The third-order valence-electron chi connectivity index (χ3n) is 6.03. The summed E-state index contributed by atoms with van der Waals surface area (Å²) in [4.78, 5) is 45.9. The largest absolute Gasteiger partial charge is 0.480 e. The summed E-state index contributed by atoms with van der Waals surface area (Å²) in [6, 6.07) is 8.03. The van der Waals surface area contributed by atoms with Gasteiger partial charge >= 0.3 is 5.97 Å². The smallest absolute Gasteiger partial charge is 0.326 e. The van der Waals surface area contributed by atoms with Crippen LogP contribution in [0.2, 0.25) is 0 Å². The van der Waals surface area contributed by atoms with Gasteiger partial charge in [0.2, 0.25) is 11.8 Å². The normalized spacial score (nSPS) is 16.7. The number of hydrogen-bond acceptors (Lipinski definition) is 6. The maximum atomic E-state index is 13.2. The average molecular weight is 471 g/mol. The highest BCUT2D eigenvalue weighted by Gasteiger charge is 2.44. The summed E-state index contributed by atoms with van der Waals surface area (Å²) in [5, 5.41) is 14.8. The van der Waals surface area contributed by atoms with Crippen molar-refractivity contribution in [3.8, 4) is 11.3 Å². The first kappa shape index (κ1) is 24.7. The van der Waals surface area contributed by atoms with Gasteiger partial charge < -0.3 is 15.7 Å². The number of nitrogens with zero attached hydrogens (tertiary/aromatic N) is 2. The zero-order chi connectivity index (χ0) is 24.0. The Morgan fingerprint density at radius 2 is 1.79 bits per heavy atom. The standard InChI is InChI=1S/C24H30N4O4S/c1-15(2)20(33)21(29)28-24(10-3-4-11-24)23(32)27-19(22(30)31)13-16-5-7-17(8-6-16)18-9-12-25-14-26-18/h5-9,12,14-15,19-20,33H,3-4,10-11,13H2,1-2H3,(H,27,32)(H,28,29)(H,30,31). The van der Waals surface area contributed by atoms with E-state index >= 15 is 0 Å². The summed E-state index contributed by atoms with van der Waals surface area (Å²) in [7, 11) is 0. The molecule has 0 spiro atoms. The number of carboxylic acids is 1. The van der Waals surface area contributed by atoms with E-state index in [2.05, 4.69) is 33.2 Å². The molecule has 9 heteroatoms. The van der Waals surface area contributed by atoms with Crippen LogP contribution in [0.15, 0.2) is 42.9 Å². The lowest BCUT2D eigenvalue weighted by Crippen LogP contribution is -2.61. The van der Waals surface area contributed by atoms with Crippen molar-refractivity contribution in [1.29, 1.82) is 0 Å².